The quantitative estimate of drug-likeness (QED) is 0.904. The Morgan fingerprint density at radius 2 is 2.32 bits per heavy atom. The monoisotopic (exact) mass is 340 g/mol. The van der Waals surface area contributed by atoms with Crippen LogP contribution in [-0.2, 0) is 19.4 Å². The summed E-state index contributed by atoms with van der Waals surface area (Å²) in [6.07, 6.45) is 5.20. The summed E-state index contributed by atoms with van der Waals surface area (Å²) < 4.78 is 13.2. The molecule has 6 nitrogen and oxygen atoms in total. The van der Waals surface area contributed by atoms with Gasteiger partial charge in [-0.15, -0.1) is 0 Å². The predicted octanol–water partition coefficient (Wildman–Crippen LogP) is 2.23. The van der Waals surface area contributed by atoms with Crippen molar-refractivity contribution in [2.24, 2.45) is 0 Å². The van der Waals surface area contributed by atoms with Crippen molar-refractivity contribution >= 4 is 6.08 Å². The first-order valence-corrected chi connectivity index (χ1v) is 8.91. The van der Waals surface area contributed by atoms with E-state index in [9.17, 15) is 0 Å². The maximum atomic E-state index is 5.88. The minimum atomic E-state index is 0.428. The number of rotatable bonds is 5. The lowest BCUT2D eigenvalue weighted by Gasteiger charge is -2.25. The van der Waals surface area contributed by atoms with Gasteiger partial charge in [0.25, 0.3) is 0 Å². The highest BCUT2D eigenvalue weighted by Gasteiger charge is 2.21. The fourth-order valence-electron chi connectivity index (χ4n) is 3.37. The van der Waals surface area contributed by atoms with E-state index >= 15 is 0 Å². The first-order valence-electron chi connectivity index (χ1n) is 8.91. The molecule has 0 radical (unpaired) electrons. The fourth-order valence-corrected chi connectivity index (χ4v) is 3.37. The van der Waals surface area contributed by atoms with Crippen LogP contribution in [0.4, 0.5) is 0 Å². The van der Waals surface area contributed by atoms with Crippen molar-refractivity contribution in [1.29, 1.82) is 0 Å². The van der Waals surface area contributed by atoms with Crippen LogP contribution in [0.5, 0.6) is 11.5 Å². The van der Waals surface area contributed by atoms with Crippen LogP contribution >= 0.6 is 0 Å². The molecular formula is C19H24N4O2. The predicted molar refractivity (Wildman–Crippen MR) is 96.0 cm³/mol. The average Bonchev–Trinajstić information content (AvgIpc) is 3.08. The van der Waals surface area contributed by atoms with E-state index in [1.807, 2.05) is 18.2 Å². The summed E-state index contributed by atoms with van der Waals surface area (Å²) in [5.41, 5.74) is 2.37. The molecule has 1 aromatic carbocycles. The number of aromatic nitrogens is 3. The van der Waals surface area contributed by atoms with Crippen LogP contribution in [0.25, 0.3) is 6.08 Å². The molecule has 2 aliphatic heterocycles. The van der Waals surface area contributed by atoms with Crippen LogP contribution in [0.15, 0.2) is 23.8 Å². The van der Waals surface area contributed by atoms with E-state index in [1.54, 1.807) is 7.11 Å². The van der Waals surface area contributed by atoms with Crippen LogP contribution < -0.4 is 14.8 Å². The van der Waals surface area contributed by atoms with Crippen LogP contribution in [0.1, 0.15) is 30.6 Å². The molecule has 2 aromatic rings. The van der Waals surface area contributed by atoms with E-state index < -0.39 is 0 Å². The lowest BCUT2D eigenvalue weighted by molar-refractivity contribution is 0.327. The lowest BCUT2D eigenvalue weighted by Crippen LogP contribution is -2.39. The summed E-state index contributed by atoms with van der Waals surface area (Å²) in [5, 5.41) is 8.23. The number of fused-ring (bicyclic) bond motifs is 2. The molecule has 0 spiro atoms. The van der Waals surface area contributed by atoms with Gasteiger partial charge in [0.2, 0.25) is 0 Å². The summed E-state index contributed by atoms with van der Waals surface area (Å²) in [6, 6.07) is 6.38. The molecule has 0 amide bonds. The number of hydrogen-bond donors (Lipinski definition) is 1. The van der Waals surface area contributed by atoms with Gasteiger partial charge in [0.1, 0.15) is 23.9 Å². The van der Waals surface area contributed by atoms with E-state index in [1.165, 1.54) is 5.57 Å². The van der Waals surface area contributed by atoms with Gasteiger partial charge in [-0.3, -0.25) is 0 Å². The Morgan fingerprint density at radius 3 is 3.16 bits per heavy atom. The number of aryl methyl sites for hydroxylation is 2. The van der Waals surface area contributed by atoms with Crippen molar-refractivity contribution in [3.63, 3.8) is 0 Å². The van der Waals surface area contributed by atoms with Crippen molar-refractivity contribution in [3.8, 4) is 11.5 Å². The van der Waals surface area contributed by atoms with Gasteiger partial charge in [-0.05, 0) is 30.2 Å². The van der Waals surface area contributed by atoms with Gasteiger partial charge in [-0.2, -0.15) is 5.10 Å². The van der Waals surface area contributed by atoms with Crippen molar-refractivity contribution in [2.45, 2.75) is 38.8 Å². The molecule has 3 heterocycles. The Morgan fingerprint density at radius 1 is 1.40 bits per heavy atom. The molecular weight excluding hydrogens is 316 g/mol. The van der Waals surface area contributed by atoms with Gasteiger partial charge in [-0.1, -0.05) is 6.92 Å². The zero-order valence-electron chi connectivity index (χ0n) is 14.8. The maximum absolute atomic E-state index is 5.88. The molecule has 1 N–H and O–H groups in total. The van der Waals surface area contributed by atoms with E-state index in [-0.39, 0.29) is 0 Å². The second-order valence-corrected chi connectivity index (χ2v) is 6.59. The Bertz CT molecular complexity index is 797. The van der Waals surface area contributed by atoms with Gasteiger partial charge in [0, 0.05) is 37.1 Å². The molecule has 25 heavy (non-hydrogen) atoms. The van der Waals surface area contributed by atoms with Crippen molar-refractivity contribution < 1.29 is 9.47 Å². The third kappa shape index (κ3) is 3.39. The summed E-state index contributed by atoms with van der Waals surface area (Å²) in [6.45, 7) is 4.44. The number of ether oxygens (including phenoxy) is 2. The highest BCUT2D eigenvalue weighted by Crippen LogP contribution is 2.30. The van der Waals surface area contributed by atoms with Crippen LogP contribution in [0.3, 0.4) is 0 Å². The summed E-state index contributed by atoms with van der Waals surface area (Å²) in [7, 11) is 1.67. The Balaban J connectivity index is 1.38. The van der Waals surface area contributed by atoms with Gasteiger partial charge >= 0.3 is 0 Å². The topological polar surface area (TPSA) is 61.2 Å². The zero-order chi connectivity index (χ0) is 17.2. The highest BCUT2D eigenvalue weighted by atomic mass is 16.5. The Kier molecular flexibility index (Phi) is 4.44. The minimum absolute atomic E-state index is 0.428. The number of methoxy groups -OCH3 is 1. The number of nitrogens with zero attached hydrogens (tertiary/aromatic N) is 3. The molecule has 0 saturated heterocycles. The molecule has 132 valence electrons. The third-order valence-electron chi connectivity index (χ3n) is 4.83. The van der Waals surface area contributed by atoms with Crippen LogP contribution in [0, 0.1) is 0 Å². The molecule has 0 fully saturated rings. The smallest absolute Gasteiger partial charge is 0.150 e. The molecule has 1 aromatic heterocycles. The second kappa shape index (κ2) is 6.88. The van der Waals surface area contributed by atoms with Gasteiger partial charge in [-0.25, -0.2) is 9.67 Å². The minimum Gasteiger partial charge on any atom is -0.497 e. The molecule has 2 aliphatic rings. The van der Waals surface area contributed by atoms with Crippen molar-refractivity contribution in [3.05, 3.63) is 41.0 Å². The zero-order valence-corrected chi connectivity index (χ0v) is 14.8. The van der Waals surface area contributed by atoms with Crippen LogP contribution in [-0.4, -0.2) is 41.1 Å². The molecule has 0 saturated carbocycles. The Labute approximate surface area is 147 Å². The maximum Gasteiger partial charge on any atom is 0.150 e. The Hall–Kier alpha value is -2.34. The van der Waals surface area contributed by atoms with Gasteiger partial charge in [0.15, 0.2) is 5.82 Å². The summed E-state index contributed by atoms with van der Waals surface area (Å²) >= 11 is 0. The van der Waals surface area contributed by atoms with E-state index in [4.69, 9.17) is 9.47 Å². The summed E-state index contributed by atoms with van der Waals surface area (Å²) in [4.78, 5) is 4.58. The molecule has 4 rings (SSSR count). The second-order valence-electron chi connectivity index (χ2n) is 6.59. The molecule has 6 heteroatoms. The summed E-state index contributed by atoms with van der Waals surface area (Å²) in [5.74, 6) is 3.79. The molecule has 1 unspecified atom stereocenters. The molecule has 0 aliphatic carbocycles. The normalized spacial score (nSPS) is 18.8. The van der Waals surface area contributed by atoms with E-state index in [2.05, 4.69) is 33.1 Å². The molecule has 0 bridgehead atoms. The van der Waals surface area contributed by atoms with E-state index in [0.29, 0.717) is 12.6 Å². The fraction of sp³-hybridized carbons (Fsp3) is 0.474. The lowest BCUT2D eigenvalue weighted by atomic mass is 10.0. The van der Waals surface area contributed by atoms with Gasteiger partial charge in [0.05, 0.1) is 13.7 Å². The van der Waals surface area contributed by atoms with E-state index in [0.717, 1.165) is 61.1 Å². The third-order valence-corrected chi connectivity index (χ3v) is 4.83. The van der Waals surface area contributed by atoms with Crippen molar-refractivity contribution in [2.75, 3.05) is 20.3 Å². The SMILES string of the molecule is CCc1nc2n(n1)CC(NCC1=Cc3ccc(OC)cc3OC1)CC2. The average molecular weight is 340 g/mol. The first-order chi connectivity index (χ1) is 12.2. The number of benzene rings is 1. The number of nitrogens with one attached hydrogen (secondary N) is 1. The standard InChI is InChI=1S/C19H24N4O2/c1-3-18-21-19-7-5-15(11-23(19)22-18)20-10-13-8-14-4-6-16(24-2)9-17(14)25-12-13/h4,6,8-9,15,20H,3,5,7,10-12H2,1-2H3. The number of hydrogen-bond acceptors (Lipinski definition) is 5. The molecule has 1 atom stereocenters. The highest BCUT2D eigenvalue weighted by molar-refractivity contribution is 5.63. The van der Waals surface area contributed by atoms with Gasteiger partial charge < -0.3 is 14.8 Å². The largest absolute Gasteiger partial charge is 0.497 e. The van der Waals surface area contributed by atoms with Crippen molar-refractivity contribution in [1.82, 2.24) is 20.1 Å². The van der Waals surface area contributed by atoms with Crippen LogP contribution in [0.2, 0.25) is 0 Å². The first kappa shape index (κ1) is 16.1.